The quantitative estimate of drug-likeness (QED) is 0.430. The summed E-state index contributed by atoms with van der Waals surface area (Å²) in [6, 6.07) is 0. The van der Waals surface area contributed by atoms with E-state index in [0.717, 1.165) is 25.9 Å². The molecule has 0 aromatic carbocycles. The maximum Gasteiger partial charge on any atom is 0.0897 e. The molecule has 4 nitrogen and oxygen atoms in total. The third-order valence-corrected chi connectivity index (χ3v) is 3.78. The monoisotopic (exact) mass is 289 g/mol. The maximum absolute atomic E-state index is 9.94. The van der Waals surface area contributed by atoms with Crippen LogP contribution in [0.25, 0.3) is 0 Å². The first kappa shape index (κ1) is 19.8. The molecule has 20 heavy (non-hydrogen) atoms. The van der Waals surface area contributed by atoms with Crippen LogP contribution in [0.2, 0.25) is 0 Å². The molecule has 0 radical (unpaired) electrons. The highest BCUT2D eigenvalue weighted by atomic mass is 16.5. The number of hydrogen-bond acceptors (Lipinski definition) is 4. The second kappa shape index (κ2) is 13.8. The number of hydrogen-bond donors (Lipinski definition) is 3. The molecule has 0 aromatic rings. The summed E-state index contributed by atoms with van der Waals surface area (Å²) in [5.41, 5.74) is 0. The molecule has 2 atom stereocenters. The van der Waals surface area contributed by atoms with Crippen molar-refractivity contribution in [3.8, 4) is 0 Å². The molecule has 0 saturated heterocycles. The van der Waals surface area contributed by atoms with Crippen molar-refractivity contribution in [2.75, 3.05) is 26.3 Å². The Morgan fingerprint density at radius 3 is 2.25 bits per heavy atom. The van der Waals surface area contributed by atoms with E-state index < -0.39 is 6.10 Å². The molecule has 0 bridgehead atoms. The van der Waals surface area contributed by atoms with Crippen molar-refractivity contribution in [3.63, 3.8) is 0 Å². The summed E-state index contributed by atoms with van der Waals surface area (Å²) in [6.45, 7) is 8.50. The molecule has 0 saturated carbocycles. The predicted octanol–water partition coefficient (Wildman–Crippen LogP) is 2.33. The summed E-state index contributed by atoms with van der Waals surface area (Å²) in [7, 11) is 0. The van der Waals surface area contributed by atoms with E-state index in [4.69, 9.17) is 4.74 Å². The Morgan fingerprint density at radius 2 is 1.65 bits per heavy atom. The van der Waals surface area contributed by atoms with E-state index in [0.29, 0.717) is 25.6 Å². The molecule has 0 spiro atoms. The SMILES string of the molecule is CCCCCCOCC(O)CNCC(O)C(CC)CC. The molecule has 0 aliphatic carbocycles. The Labute approximate surface area is 124 Å². The zero-order chi connectivity index (χ0) is 15.2. The first-order chi connectivity index (χ1) is 9.65. The fourth-order valence-corrected chi connectivity index (χ4v) is 2.31. The van der Waals surface area contributed by atoms with Crippen molar-refractivity contribution in [2.24, 2.45) is 5.92 Å². The van der Waals surface area contributed by atoms with E-state index in [9.17, 15) is 10.2 Å². The zero-order valence-electron chi connectivity index (χ0n) is 13.6. The van der Waals surface area contributed by atoms with E-state index in [2.05, 4.69) is 26.1 Å². The second-order valence-electron chi connectivity index (χ2n) is 5.59. The minimum absolute atomic E-state index is 0.327. The highest BCUT2D eigenvalue weighted by molar-refractivity contribution is 4.70. The van der Waals surface area contributed by atoms with Gasteiger partial charge in [0.1, 0.15) is 0 Å². The lowest BCUT2D eigenvalue weighted by Crippen LogP contribution is -2.38. The van der Waals surface area contributed by atoms with Gasteiger partial charge in [-0.3, -0.25) is 0 Å². The van der Waals surface area contributed by atoms with Crippen LogP contribution >= 0.6 is 0 Å². The lowest BCUT2D eigenvalue weighted by Gasteiger charge is -2.21. The number of unbranched alkanes of at least 4 members (excludes halogenated alkanes) is 3. The van der Waals surface area contributed by atoms with E-state index in [1.807, 2.05) is 0 Å². The second-order valence-corrected chi connectivity index (χ2v) is 5.59. The van der Waals surface area contributed by atoms with E-state index in [1.165, 1.54) is 19.3 Å². The van der Waals surface area contributed by atoms with Crippen molar-refractivity contribution < 1.29 is 14.9 Å². The Morgan fingerprint density at radius 1 is 0.950 bits per heavy atom. The van der Waals surface area contributed by atoms with Crippen LogP contribution in [0.15, 0.2) is 0 Å². The largest absolute Gasteiger partial charge is 0.392 e. The minimum atomic E-state index is -0.491. The average molecular weight is 289 g/mol. The molecule has 0 amide bonds. The van der Waals surface area contributed by atoms with Gasteiger partial charge in [-0.25, -0.2) is 0 Å². The van der Waals surface area contributed by atoms with Crippen molar-refractivity contribution in [2.45, 2.75) is 71.5 Å². The highest BCUT2D eigenvalue weighted by Gasteiger charge is 2.15. The van der Waals surface area contributed by atoms with Crippen LogP contribution in [0.1, 0.15) is 59.3 Å². The van der Waals surface area contributed by atoms with Crippen LogP contribution in [0, 0.1) is 5.92 Å². The number of rotatable bonds is 14. The Hall–Kier alpha value is -0.160. The predicted molar refractivity (Wildman–Crippen MR) is 83.9 cm³/mol. The first-order valence-electron chi connectivity index (χ1n) is 8.30. The van der Waals surface area contributed by atoms with Gasteiger partial charge in [0.2, 0.25) is 0 Å². The zero-order valence-corrected chi connectivity index (χ0v) is 13.6. The third kappa shape index (κ3) is 10.6. The Kier molecular flexibility index (Phi) is 13.7. The summed E-state index contributed by atoms with van der Waals surface area (Å²) in [4.78, 5) is 0. The van der Waals surface area contributed by atoms with Crippen LogP contribution in [0.3, 0.4) is 0 Å². The van der Waals surface area contributed by atoms with E-state index in [1.54, 1.807) is 0 Å². The molecule has 0 aromatic heterocycles. The van der Waals surface area contributed by atoms with Crippen LogP contribution in [-0.2, 0) is 4.74 Å². The summed E-state index contributed by atoms with van der Waals surface area (Å²) >= 11 is 0. The molecule has 2 unspecified atom stereocenters. The molecule has 0 rings (SSSR count). The molecule has 122 valence electrons. The van der Waals surface area contributed by atoms with Gasteiger partial charge in [-0.15, -0.1) is 0 Å². The van der Waals surface area contributed by atoms with Gasteiger partial charge in [0.25, 0.3) is 0 Å². The molecular weight excluding hydrogens is 254 g/mol. The van der Waals surface area contributed by atoms with Crippen LogP contribution < -0.4 is 5.32 Å². The van der Waals surface area contributed by atoms with Crippen molar-refractivity contribution in [3.05, 3.63) is 0 Å². The molecule has 3 N–H and O–H groups in total. The molecule has 4 heteroatoms. The highest BCUT2D eigenvalue weighted by Crippen LogP contribution is 2.12. The van der Waals surface area contributed by atoms with Crippen molar-refractivity contribution in [1.82, 2.24) is 5.32 Å². The third-order valence-electron chi connectivity index (χ3n) is 3.78. The van der Waals surface area contributed by atoms with Gasteiger partial charge in [-0.1, -0.05) is 52.9 Å². The minimum Gasteiger partial charge on any atom is -0.392 e. The van der Waals surface area contributed by atoms with Crippen LogP contribution in [-0.4, -0.2) is 48.7 Å². The standard InChI is InChI=1S/C16H35NO3/c1-4-7-8-9-10-20-13-15(18)11-17-12-16(19)14(5-2)6-3/h14-19H,4-13H2,1-3H3. The van der Waals surface area contributed by atoms with Gasteiger partial charge in [0, 0.05) is 19.7 Å². The van der Waals surface area contributed by atoms with Gasteiger partial charge in [0.05, 0.1) is 18.8 Å². The molecule has 0 aliphatic rings. The molecule has 0 fully saturated rings. The van der Waals surface area contributed by atoms with Gasteiger partial charge in [-0.05, 0) is 12.3 Å². The topological polar surface area (TPSA) is 61.7 Å². The summed E-state index contributed by atoms with van der Waals surface area (Å²) < 4.78 is 5.44. The van der Waals surface area contributed by atoms with Crippen molar-refractivity contribution in [1.29, 1.82) is 0 Å². The van der Waals surface area contributed by atoms with Gasteiger partial charge >= 0.3 is 0 Å². The summed E-state index contributed by atoms with van der Waals surface area (Å²) in [5, 5.41) is 22.8. The van der Waals surface area contributed by atoms with E-state index in [-0.39, 0.29) is 6.10 Å². The average Bonchev–Trinajstić information content (AvgIpc) is 2.44. The Balaban J connectivity index is 3.46. The molecule has 0 heterocycles. The summed E-state index contributed by atoms with van der Waals surface area (Å²) in [6.07, 6.45) is 5.91. The number of nitrogens with one attached hydrogen (secondary N) is 1. The maximum atomic E-state index is 9.94. The lowest BCUT2D eigenvalue weighted by molar-refractivity contribution is 0.0317. The van der Waals surface area contributed by atoms with Gasteiger partial charge in [0.15, 0.2) is 0 Å². The van der Waals surface area contributed by atoms with Crippen LogP contribution in [0.4, 0.5) is 0 Å². The Bertz CT molecular complexity index is 198. The molecular formula is C16H35NO3. The van der Waals surface area contributed by atoms with Crippen LogP contribution in [0.5, 0.6) is 0 Å². The fourth-order valence-electron chi connectivity index (χ4n) is 2.31. The first-order valence-corrected chi connectivity index (χ1v) is 8.30. The fraction of sp³-hybridized carbons (Fsp3) is 1.00. The number of aliphatic hydroxyl groups is 2. The lowest BCUT2D eigenvalue weighted by atomic mass is 9.96. The molecule has 0 aliphatic heterocycles. The number of ether oxygens (including phenoxy) is 1. The van der Waals surface area contributed by atoms with Crippen molar-refractivity contribution >= 4 is 0 Å². The summed E-state index contributed by atoms with van der Waals surface area (Å²) in [5.74, 6) is 0.342. The van der Waals surface area contributed by atoms with Gasteiger partial charge in [-0.2, -0.15) is 0 Å². The smallest absolute Gasteiger partial charge is 0.0897 e. The van der Waals surface area contributed by atoms with E-state index >= 15 is 0 Å². The number of aliphatic hydroxyl groups excluding tert-OH is 2. The normalized spacial score (nSPS) is 14.7. The van der Waals surface area contributed by atoms with Gasteiger partial charge < -0.3 is 20.3 Å².